The van der Waals surface area contributed by atoms with Crippen molar-refractivity contribution < 1.29 is 9.59 Å². The van der Waals surface area contributed by atoms with Crippen molar-refractivity contribution in [3.05, 3.63) is 23.9 Å². The summed E-state index contributed by atoms with van der Waals surface area (Å²) in [6.45, 7) is 3.78. The second-order valence-electron chi connectivity index (χ2n) is 8.56. The molecule has 0 spiro atoms. The molecule has 3 aliphatic rings. The molecular weight excluding hydrogens is 354 g/mol. The van der Waals surface area contributed by atoms with Crippen LogP contribution in [0.25, 0.3) is 0 Å². The van der Waals surface area contributed by atoms with Crippen LogP contribution in [0.3, 0.4) is 0 Å². The molecule has 1 aromatic rings. The normalized spacial score (nSPS) is 28.0. The van der Waals surface area contributed by atoms with Crippen molar-refractivity contribution in [2.75, 3.05) is 31.1 Å². The minimum Gasteiger partial charge on any atom is -0.369 e. The van der Waals surface area contributed by atoms with Gasteiger partial charge in [0.25, 0.3) is 0 Å². The lowest BCUT2D eigenvalue weighted by molar-refractivity contribution is -0.134. The number of piperidine rings is 1. The summed E-state index contributed by atoms with van der Waals surface area (Å²) in [4.78, 5) is 31.3. The van der Waals surface area contributed by atoms with E-state index in [2.05, 4.69) is 20.5 Å². The fourth-order valence-corrected chi connectivity index (χ4v) is 5.27. The van der Waals surface area contributed by atoms with Crippen molar-refractivity contribution in [1.82, 2.24) is 15.6 Å². The summed E-state index contributed by atoms with van der Waals surface area (Å²) in [5.74, 6) is 1.31. The van der Waals surface area contributed by atoms with Crippen LogP contribution in [0.15, 0.2) is 18.3 Å². The Morgan fingerprint density at radius 1 is 1.29 bits per heavy atom. The van der Waals surface area contributed by atoms with E-state index >= 15 is 0 Å². The average Bonchev–Trinajstić information content (AvgIpc) is 3.18. The third kappa shape index (κ3) is 3.60. The van der Waals surface area contributed by atoms with Crippen LogP contribution in [0, 0.1) is 17.3 Å². The summed E-state index contributed by atoms with van der Waals surface area (Å²) in [7, 11) is 0. The molecule has 2 aliphatic heterocycles. The van der Waals surface area contributed by atoms with Crippen molar-refractivity contribution in [3.8, 4) is 0 Å². The lowest BCUT2D eigenvalue weighted by Gasteiger charge is -2.37. The largest absolute Gasteiger partial charge is 0.369 e. The number of hydrogen-bond acceptors (Lipinski definition) is 5. The number of nitrogens with two attached hydrogens (primary N) is 1. The van der Waals surface area contributed by atoms with Crippen LogP contribution in [0.5, 0.6) is 0 Å². The zero-order valence-corrected chi connectivity index (χ0v) is 16.5. The Kier molecular flexibility index (Phi) is 5.53. The van der Waals surface area contributed by atoms with E-state index in [9.17, 15) is 9.59 Å². The molecule has 2 amide bonds. The summed E-state index contributed by atoms with van der Waals surface area (Å²) >= 11 is 0. The van der Waals surface area contributed by atoms with Crippen LogP contribution in [0.4, 0.5) is 5.82 Å². The summed E-state index contributed by atoms with van der Waals surface area (Å²) in [6.07, 6.45) is 7.80. The van der Waals surface area contributed by atoms with Crippen molar-refractivity contribution in [2.24, 2.45) is 23.0 Å². The molecular formula is C21H31N5O2. The first-order chi connectivity index (χ1) is 13.6. The van der Waals surface area contributed by atoms with Gasteiger partial charge in [0.2, 0.25) is 11.8 Å². The van der Waals surface area contributed by atoms with E-state index in [-0.39, 0.29) is 23.1 Å². The number of pyridine rings is 1. The number of anilines is 1. The third-order valence-corrected chi connectivity index (χ3v) is 6.99. The van der Waals surface area contributed by atoms with Crippen LogP contribution >= 0.6 is 0 Å². The number of carbonyl (C=O) groups is 2. The highest BCUT2D eigenvalue weighted by atomic mass is 16.2. The predicted molar refractivity (Wildman–Crippen MR) is 107 cm³/mol. The molecule has 2 saturated heterocycles. The number of aromatic nitrogens is 1. The van der Waals surface area contributed by atoms with Crippen molar-refractivity contribution >= 4 is 17.6 Å². The minimum atomic E-state index is -0.236. The Morgan fingerprint density at radius 2 is 2.11 bits per heavy atom. The highest BCUT2D eigenvalue weighted by Gasteiger charge is 2.49. The number of nitrogens with one attached hydrogen (secondary N) is 2. The van der Waals surface area contributed by atoms with Gasteiger partial charge < -0.3 is 21.3 Å². The Morgan fingerprint density at radius 3 is 2.89 bits per heavy atom. The molecule has 7 heteroatoms. The first-order valence-corrected chi connectivity index (χ1v) is 10.6. The molecule has 3 fully saturated rings. The molecule has 0 bridgehead atoms. The highest BCUT2D eigenvalue weighted by Crippen LogP contribution is 2.44. The van der Waals surface area contributed by atoms with E-state index in [0.29, 0.717) is 12.5 Å². The summed E-state index contributed by atoms with van der Waals surface area (Å²) in [5, 5.41) is 6.66. The third-order valence-electron chi connectivity index (χ3n) is 6.99. The zero-order valence-electron chi connectivity index (χ0n) is 16.5. The van der Waals surface area contributed by atoms with Crippen molar-refractivity contribution in [3.63, 3.8) is 0 Å². The number of amides is 2. The number of nitrogens with zero attached hydrogens (tertiary/aromatic N) is 2. The second kappa shape index (κ2) is 8.07. The van der Waals surface area contributed by atoms with Gasteiger partial charge in [0.15, 0.2) is 0 Å². The SMILES string of the molecule is NC(=O)C1CCN(c2ncccc2CNC(=O)[C@@]23CCCC[C@H]2CNC3)CC1. The first-order valence-electron chi connectivity index (χ1n) is 10.6. The maximum absolute atomic E-state index is 13.1. The number of fused-ring (bicyclic) bond motifs is 1. The Labute approximate surface area is 166 Å². The van der Waals surface area contributed by atoms with Crippen molar-refractivity contribution in [2.45, 2.75) is 45.1 Å². The summed E-state index contributed by atoms with van der Waals surface area (Å²) in [5.41, 5.74) is 6.24. The molecule has 3 heterocycles. The maximum Gasteiger partial charge on any atom is 0.228 e. The second-order valence-corrected chi connectivity index (χ2v) is 8.56. The predicted octanol–water partition coefficient (Wildman–Crippen LogP) is 1.18. The number of primary amides is 1. The topological polar surface area (TPSA) is 100 Å². The number of rotatable bonds is 5. The van der Waals surface area contributed by atoms with Gasteiger partial charge in [-0.05, 0) is 44.2 Å². The van der Waals surface area contributed by atoms with Gasteiger partial charge in [0.1, 0.15) is 5.82 Å². The van der Waals surface area contributed by atoms with Crippen LogP contribution in [-0.4, -0.2) is 43.0 Å². The summed E-state index contributed by atoms with van der Waals surface area (Å²) < 4.78 is 0. The van der Waals surface area contributed by atoms with Crippen LogP contribution in [0.2, 0.25) is 0 Å². The van der Waals surface area contributed by atoms with Gasteiger partial charge >= 0.3 is 0 Å². The quantitative estimate of drug-likeness (QED) is 0.707. The highest BCUT2D eigenvalue weighted by molar-refractivity contribution is 5.84. The van der Waals surface area contributed by atoms with E-state index in [1.54, 1.807) is 6.20 Å². The molecule has 0 radical (unpaired) electrons. The van der Waals surface area contributed by atoms with Gasteiger partial charge in [-0.25, -0.2) is 4.98 Å². The molecule has 2 atom stereocenters. The fraction of sp³-hybridized carbons (Fsp3) is 0.667. The molecule has 7 nitrogen and oxygen atoms in total. The standard InChI is InChI=1S/C21H31N5O2/c22-18(27)15-6-10-26(11-7-15)19-16(4-3-9-24-19)12-25-20(28)21-8-2-1-5-17(21)13-23-14-21/h3-4,9,15,17,23H,1-2,5-8,10-14H2,(H2,22,27)(H,25,28)/t17-,21+/m0/s1. The van der Waals surface area contributed by atoms with Gasteiger partial charge in [-0.1, -0.05) is 18.9 Å². The molecule has 4 rings (SSSR count). The molecule has 1 aliphatic carbocycles. The fourth-order valence-electron chi connectivity index (χ4n) is 5.27. The Hall–Kier alpha value is -2.15. The Balaban J connectivity index is 1.42. The monoisotopic (exact) mass is 385 g/mol. The Bertz CT molecular complexity index is 731. The van der Waals surface area contributed by atoms with Crippen molar-refractivity contribution in [1.29, 1.82) is 0 Å². The van der Waals surface area contributed by atoms with Gasteiger partial charge in [0, 0.05) is 43.9 Å². The molecule has 4 N–H and O–H groups in total. The van der Waals surface area contributed by atoms with Crippen LogP contribution < -0.4 is 21.3 Å². The zero-order chi connectivity index (χ0) is 19.6. The maximum atomic E-state index is 13.1. The van der Waals surface area contributed by atoms with Crippen LogP contribution in [-0.2, 0) is 16.1 Å². The van der Waals surface area contributed by atoms with E-state index in [1.807, 2.05) is 12.1 Å². The average molecular weight is 386 g/mol. The van der Waals surface area contributed by atoms with Gasteiger partial charge in [-0.2, -0.15) is 0 Å². The molecule has 152 valence electrons. The lowest BCUT2D eigenvalue weighted by Crippen LogP contribution is -2.47. The van der Waals surface area contributed by atoms with E-state index in [4.69, 9.17) is 5.73 Å². The first kappa shape index (κ1) is 19.2. The van der Waals surface area contributed by atoms with Crippen LogP contribution in [0.1, 0.15) is 44.1 Å². The van der Waals surface area contributed by atoms with Gasteiger partial charge in [-0.15, -0.1) is 0 Å². The smallest absolute Gasteiger partial charge is 0.228 e. The van der Waals surface area contributed by atoms with E-state index in [0.717, 1.165) is 69.7 Å². The van der Waals surface area contributed by atoms with Gasteiger partial charge in [-0.3, -0.25) is 9.59 Å². The lowest BCUT2D eigenvalue weighted by atomic mass is 9.67. The minimum absolute atomic E-state index is 0.0414. The van der Waals surface area contributed by atoms with Gasteiger partial charge in [0.05, 0.1) is 5.41 Å². The summed E-state index contributed by atoms with van der Waals surface area (Å²) in [6, 6.07) is 3.95. The van der Waals surface area contributed by atoms with E-state index < -0.39 is 0 Å². The number of carbonyl (C=O) groups excluding carboxylic acids is 2. The molecule has 28 heavy (non-hydrogen) atoms. The molecule has 1 saturated carbocycles. The number of hydrogen-bond donors (Lipinski definition) is 3. The molecule has 1 aromatic heterocycles. The molecule has 0 unspecified atom stereocenters. The molecule has 0 aromatic carbocycles. The van der Waals surface area contributed by atoms with E-state index in [1.165, 1.54) is 6.42 Å².